The number of nitrogens with zero attached hydrogens (tertiary/aromatic N) is 1. The van der Waals surface area contributed by atoms with Crippen LogP contribution in [-0.2, 0) is 0 Å². The van der Waals surface area contributed by atoms with Crippen LogP contribution in [0.15, 0.2) is 22.7 Å². The van der Waals surface area contributed by atoms with E-state index in [-0.39, 0.29) is 0 Å². The van der Waals surface area contributed by atoms with E-state index in [9.17, 15) is 5.11 Å². The molecule has 0 aliphatic heterocycles. The highest BCUT2D eigenvalue weighted by Gasteiger charge is 2.19. The molecule has 1 unspecified atom stereocenters. The van der Waals surface area contributed by atoms with Gasteiger partial charge in [0.15, 0.2) is 0 Å². The number of rotatable bonds is 4. The van der Waals surface area contributed by atoms with Gasteiger partial charge in [0.2, 0.25) is 0 Å². The maximum absolute atomic E-state index is 9.86. The number of benzene rings is 1. The average Bonchev–Trinajstić information content (AvgIpc) is 2.81. The summed E-state index contributed by atoms with van der Waals surface area (Å²) in [6.45, 7) is 2.92. The summed E-state index contributed by atoms with van der Waals surface area (Å²) in [4.78, 5) is 2.29. The Balaban J connectivity index is 2.16. The van der Waals surface area contributed by atoms with E-state index in [1.54, 1.807) is 0 Å². The summed E-state index contributed by atoms with van der Waals surface area (Å²) < 4.78 is 1.07. The fraction of sp³-hybridized carbons (Fsp3) is 0.600. The molecule has 0 bridgehead atoms. The minimum absolute atomic E-state index is 0.417. The quantitative estimate of drug-likeness (QED) is 0.903. The van der Waals surface area contributed by atoms with Crippen LogP contribution in [0.25, 0.3) is 0 Å². The number of anilines is 1. The van der Waals surface area contributed by atoms with Gasteiger partial charge in [0.05, 0.1) is 6.10 Å². The van der Waals surface area contributed by atoms with E-state index in [1.165, 1.54) is 25.7 Å². The largest absolute Gasteiger partial charge is 0.389 e. The number of hydrogen-bond acceptors (Lipinski definition) is 2. The van der Waals surface area contributed by atoms with Crippen LogP contribution in [0.2, 0.25) is 0 Å². The van der Waals surface area contributed by atoms with Crippen molar-refractivity contribution in [3.05, 3.63) is 28.2 Å². The van der Waals surface area contributed by atoms with Crippen LogP contribution >= 0.6 is 15.9 Å². The summed E-state index contributed by atoms with van der Waals surface area (Å²) in [6.07, 6.45) is 5.03. The molecule has 0 aromatic heterocycles. The Morgan fingerprint density at radius 1 is 1.39 bits per heavy atom. The Hall–Kier alpha value is -0.540. The normalized spacial score (nSPS) is 18.0. The molecule has 0 spiro atoms. The minimum Gasteiger partial charge on any atom is -0.389 e. The molecule has 100 valence electrons. The van der Waals surface area contributed by atoms with Crippen molar-refractivity contribution in [3.8, 4) is 0 Å². The standard InChI is InChI=1S/C15H22BrNO/c1-11(18)14-8-7-13(16)9-15(14)17(2)10-12-5-3-4-6-12/h7-9,11-12,18H,3-6,10H2,1-2H3. The fourth-order valence-corrected chi connectivity index (χ4v) is 3.23. The topological polar surface area (TPSA) is 23.5 Å². The summed E-state index contributed by atoms with van der Waals surface area (Å²) in [5.41, 5.74) is 2.16. The van der Waals surface area contributed by atoms with Crippen LogP contribution < -0.4 is 4.90 Å². The first-order valence-electron chi connectivity index (χ1n) is 6.76. The Morgan fingerprint density at radius 2 is 2.06 bits per heavy atom. The van der Waals surface area contributed by atoms with Crippen molar-refractivity contribution < 1.29 is 5.11 Å². The first kappa shape index (κ1) is 13.9. The molecule has 3 heteroatoms. The Labute approximate surface area is 118 Å². The monoisotopic (exact) mass is 311 g/mol. The van der Waals surface area contributed by atoms with Crippen LogP contribution in [0.3, 0.4) is 0 Å². The number of aliphatic hydroxyl groups excluding tert-OH is 1. The second-order valence-corrected chi connectivity index (χ2v) is 6.33. The van der Waals surface area contributed by atoms with Crippen molar-refractivity contribution in [2.45, 2.75) is 38.7 Å². The van der Waals surface area contributed by atoms with E-state index in [1.807, 2.05) is 19.1 Å². The third kappa shape index (κ3) is 3.27. The Morgan fingerprint density at radius 3 is 2.67 bits per heavy atom. The molecule has 0 heterocycles. The molecule has 18 heavy (non-hydrogen) atoms. The lowest BCUT2D eigenvalue weighted by Crippen LogP contribution is -2.25. The number of halogens is 1. The van der Waals surface area contributed by atoms with E-state index in [0.29, 0.717) is 0 Å². The van der Waals surface area contributed by atoms with Crippen molar-refractivity contribution in [1.82, 2.24) is 0 Å². The van der Waals surface area contributed by atoms with Gasteiger partial charge in [0.25, 0.3) is 0 Å². The summed E-state index contributed by atoms with van der Waals surface area (Å²) in [7, 11) is 2.13. The SMILES string of the molecule is CC(O)c1ccc(Br)cc1N(C)CC1CCCC1. The average molecular weight is 312 g/mol. The highest BCUT2D eigenvalue weighted by Crippen LogP contribution is 2.32. The highest BCUT2D eigenvalue weighted by atomic mass is 79.9. The van der Waals surface area contributed by atoms with Gasteiger partial charge in [-0.1, -0.05) is 34.8 Å². The molecule has 1 aromatic carbocycles. The second kappa shape index (κ2) is 6.07. The molecule has 1 aliphatic carbocycles. The van der Waals surface area contributed by atoms with Gasteiger partial charge in [-0.25, -0.2) is 0 Å². The van der Waals surface area contributed by atoms with E-state index < -0.39 is 6.10 Å². The highest BCUT2D eigenvalue weighted by molar-refractivity contribution is 9.10. The fourth-order valence-electron chi connectivity index (χ4n) is 2.88. The maximum Gasteiger partial charge on any atom is 0.0782 e. The van der Waals surface area contributed by atoms with Crippen LogP contribution in [0, 0.1) is 5.92 Å². The first-order chi connectivity index (χ1) is 8.58. The number of hydrogen-bond donors (Lipinski definition) is 1. The predicted octanol–water partition coefficient (Wildman–Crippen LogP) is 4.13. The maximum atomic E-state index is 9.86. The van der Waals surface area contributed by atoms with Crippen LogP contribution in [-0.4, -0.2) is 18.7 Å². The van der Waals surface area contributed by atoms with E-state index >= 15 is 0 Å². The molecule has 1 aliphatic rings. The van der Waals surface area contributed by atoms with Crippen LogP contribution in [0.4, 0.5) is 5.69 Å². The second-order valence-electron chi connectivity index (χ2n) is 5.41. The smallest absolute Gasteiger partial charge is 0.0782 e. The zero-order valence-corrected chi connectivity index (χ0v) is 12.8. The zero-order chi connectivity index (χ0) is 13.1. The Bertz CT molecular complexity index is 399. The lowest BCUT2D eigenvalue weighted by Gasteiger charge is -2.26. The third-order valence-corrected chi connectivity index (χ3v) is 4.35. The van der Waals surface area contributed by atoms with Gasteiger partial charge in [0.1, 0.15) is 0 Å². The summed E-state index contributed by atoms with van der Waals surface area (Å²) >= 11 is 3.52. The van der Waals surface area contributed by atoms with Crippen LogP contribution in [0.5, 0.6) is 0 Å². The Kier molecular flexibility index (Phi) is 4.68. The lowest BCUT2D eigenvalue weighted by molar-refractivity contribution is 0.199. The van der Waals surface area contributed by atoms with Gasteiger partial charge in [-0.15, -0.1) is 0 Å². The molecule has 1 aromatic rings. The third-order valence-electron chi connectivity index (χ3n) is 3.86. The molecule has 1 saturated carbocycles. The van der Waals surface area contributed by atoms with E-state index in [0.717, 1.165) is 28.2 Å². The van der Waals surface area contributed by atoms with Crippen molar-refractivity contribution in [2.24, 2.45) is 5.92 Å². The zero-order valence-electron chi connectivity index (χ0n) is 11.2. The van der Waals surface area contributed by atoms with Crippen LogP contribution in [0.1, 0.15) is 44.3 Å². The molecule has 0 saturated heterocycles. The molecule has 2 rings (SSSR count). The first-order valence-corrected chi connectivity index (χ1v) is 7.56. The van der Waals surface area contributed by atoms with Gasteiger partial charge >= 0.3 is 0 Å². The van der Waals surface area contributed by atoms with Gasteiger partial charge in [-0.05, 0) is 37.8 Å². The van der Waals surface area contributed by atoms with Crippen molar-refractivity contribution in [2.75, 3.05) is 18.5 Å². The molecule has 0 amide bonds. The van der Waals surface area contributed by atoms with Gasteiger partial charge in [-0.3, -0.25) is 0 Å². The molecule has 2 nitrogen and oxygen atoms in total. The minimum atomic E-state index is -0.417. The lowest BCUT2D eigenvalue weighted by atomic mass is 10.0. The summed E-state index contributed by atoms with van der Waals surface area (Å²) in [5.74, 6) is 0.816. The van der Waals surface area contributed by atoms with E-state index in [4.69, 9.17) is 0 Å². The van der Waals surface area contributed by atoms with Gasteiger partial charge in [0, 0.05) is 29.3 Å². The molecular weight excluding hydrogens is 290 g/mol. The number of aliphatic hydroxyl groups is 1. The molecular formula is C15H22BrNO. The van der Waals surface area contributed by atoms with Gasteiger partial charge in [-0.2, -0.15) is 0 Å². The molecule has 0 radical (unpaired) electrons. The molecule has 1 fully saturated rings. The van der Waals surface area contributed by atoms with Gasteiger partial charge < -0.3 is 10.0 Å². The van der Waals surface area contributed by atoms with Crippen molar-refractivity contribution in [3.63, 3.8) is 0 Å². The summed E-state index contributed by atoms with van der Waals surface area (Å²) in [6, 6.07) is 6.11. The molecule has 1 atom stereocenters. The van der Waals surface area contributed by atoms with Crippen molar-refractivity contribution >= 4 is 21.6 Å². The molecule has 1 N–H and O–H groups in total. The predicted molar refractivity (Wildman–Crippen MR) is 80.0 cm³/mol. The summed E-state index contributed by atoms with van der Waals surface area (Å²) in [5, 5.41) is 9.86. The van der Waals surface area contributed by atoms with E-state index in [2.05, 4.69) is 33.9 Å². The van der Waals surface area contributed by atoms with Crippen molar-refractivity contribution in [1.29, 1.82) is 0 Å².